The lowest BCUT2D eigenvalue weighted by Gasteiger charge is -2.06. The van der Waals surface area contributed by atoms with E-state index in [4.69, 9.17) is 17.3 Å². The third-order valence-electron chi connectivity index (χ3n) is 2.35. The van der Waals surface area contributed by atoms with Gasteiger partial charge in [-0.25, -0.2) is 9.78 Å². The minimum absolute atomic E-state index is 0.298. The number of hydrogen-bond acceptors (Lipinski definition) is 5. The molecule has 1 heterocycles. The van der Waals surface area contributed by atoms with Crippen molar-refractivity contribution in [1.29, 1.82) is 0 Å². The smallest absolute Gasteiger partial charge is 0.340 e. The van der Waals surface area contributed by atoms with E-state index in [1.54, 1.807) is 18.2 Å². The molecular formula is C13H11ClN2O2S. The van der Waals surface area contributed by atoms with E-state index in [1.165, 1.54) is 25.1 Å². The van der Waals surface area contributed by atoms with Gasteiger partial charge in [0.1, 0.15) is 5.03 Å². The second-order valence-corrected chi connectivity index (χ2v) is 5.19. The normalized spacial score (nSPS) is 10.2. The Kier molecular flexibility index (Phi) is 4.29. The van der Waals surface area contributed by atoms with Crippen molar-refractivity contribution in [3.8, 4) is 0 Å². The van der Waals surface area contributed by atoms with Crippen molar-refractivity contribution in [1.82, 2.24) is 4.98 Å². The van der Waals surface area contributed by atoms with E-state index < -0.39 is 5.97 Å². The first-order valence-electron chi connectivity index (χ1n) is 5.37. The first kappa shape index (κ1) is 13.7. The molecule has 2 N–H and O–H groups in total. The number of halogens is 1. The maximum absolute atomic E-state index is 11.5. The molecule has 6 heteroatoms. The summed E-state index contributed by atoms with van der Waals surface area (Å²) < 4.78 is 4.66. The molecule has 0 saturated carbocycles. The number of anilines is 1. The zero-order chi connectivity index (χ0) is 13.8. The molecule has 0 aliphatic heterocycles. The summed E-state index contributed by atoms with van der Waals surface area (Å²) in [5.41, 5.74) is 6.30. The summed E-state index contributed by atoms with van der Waals surface area (Å²) in [7, 11) is 1.31. The summed E-state index contributed by atoms with van der Waals surface area (Å²) >= 11 is 7.23. The monoisotopic (exact) mass is 294 g/mol. The van der Waals surface area contributed by atoms with Crippen LogP contribution < -0.4 is 5.73 Å². The van der Waals surface area contributed by atoms with Crippen molar-refractivity contribution in [3.63, 3.8) is 0 Å². The standard InChI is InChI=1S/C13H11ClN2O2S/c1-18-13(17)10-6-12(16-7-11(10)15)19-9-4-2-8(14)3-5-9/h2-7H,15H2,1H3. The average Bonchev–Trinajstić information content (AvgIpc) is 2.42. The third-order valence-corrected chi connectivity index (χ3v) is 3.54. The van der Waals surface area contributed by atoms with E-state index in [1.807, 2.05) is 12.1 Å². The first-order valence-corrected chi connectivity index (χ1v) is 6.57. The van der Waals surface area contributed by atoms with Crippen molar-refractivity contribution in [3.05, 3.63) is 47.1 Å². The predicted molar refractivity (Wildman–Crippen MR) is 75.6 cm³/mol. The van der Waals surface area contributed by atoms with Crippen molar-refractivity contribution in [2.24, 2.45) is 0 Å². The summed E-state index contributed by atoms with van der Waals surface area (Å²) in [6, 6.07) is 8.96. The fourth-order valence-corrected chi connectivity index (χ4v) is 2.33. The zero-order valence-corrected chi connectivity index (χ0v) is 11.7. The molecule has 0 unspecified atom stereocenters. The molecule has 0 radical (unpaired) electrons. The average molecular weight is 295 g/mol. The van der Waals surface area contributed by atoms with Crippen molar-refractivity contribution >= 4 is 35.0 Å². The van der Waals surface area contributed by atoms with Gasteiger partial charge >= 0.3 is 5.97 Å². The zero-order valence-electron chi connectivity index (χ0n) is 10.1. The summed E-state index contributed by atoms with van der Waals surface area (Å²) in [5.74, 6) is -0.474. The Labute approximate surface area is 119 Å². The number of benzene rings is 1. The van der Waals surface area contributed by atoms with Gasteiger partial charge in [-0.05, 0) is 30.3 Å². The number of nitrogens with zero attached hydrogens (tertiary/aromatic N) is 1. The maximum atomic E-state index is 11.5. The summed E-state index contributed by atoms with van der Waals surface area (Å²) in [4.78, 5) is 16.7. The summed E-state index contributed by atoms with van der Waals surface area (Å²) in [6.45, 7) is 0. The minimum Gasteiger partial charge on any atom is -0.465 e. The Balaban J connectivity index is 2.26. The molecule has 0 aliphatic rings. The largest absolute Gasteiger partial charge is 0.465 e. The molecule has 0 saturated heterocycles. The van der Waals surface area contributed by atoms with Gasteiger partial charge in [0.2, 0.25) is 0 Å². The highest BCUT2D eigenvalue weighted by Crippen LogP contribution is 2.28. The number of hydrogen-bond donors (Lipinski definition) is 1. The van der Waals surface area contributed by atoms with Crippen LogP contribution in [-0.4, -0.2) is 18.1 Å². The number of methoxy groups -OCH3 is 1. The molecule has 4 nitrogen and oxygen atoms in total. The van der Waals surface area contributed by atoms with E-state index in [-0.39, 0.29) is 0 Å². The molecule has 1 aromatic carbocycles. The quantitative estimate of drug-likeness (QED) is 0.880. The molecule has 0 aliphatic carbocycles. The molecular weight excluding hydrogens is 284 g/mol. The maximum Gasteiger partial charge on any atom is 0.340 e. The van der Waals surface area contributed by atoms with Crippen LogP contribution in [0.4, 0.5) is 5.69 Å². The Morgan fingerprint density at radius 1 is 1.37 bits per heavy atom. The second kappa shape index (κ2) is 5.95. The molecule has 0 bridgehead atoms. The molecule has 0 amide bonds. The number of aromatic nitrogens is 1. The summed E-state index contributed by atoms with van der Waals surface area (Å²) in [5, 5.41) is 1.33. The highest BCUT2D eigenvalue weighted by Gasteiger charge is 2.12. The minimum atomic E-state index is -0.474. The van der Waals surface area contributed by atoms with Crippen molar-refractivity contribution < 1.29 is 9.53 Å². The highest BCUT2D eigenvalue weighted by molar-refractivity contribution is 7.99. The van der Waals surface area contributed by atoms with Crippen LogP contribution in [0.1, 0.15) is 10.4 Å². The van der Waals surface area contributed by atoms with E-state index >= 15 is 0 Å². The van der Waals surface area contributed by atoms with E-state index in [0.29, 0.717) is 21.3 Å². The van der Waals surface area contributed by atoms with Gasteiger partial charge in [0.15, 0.2) is 0 Å². The van der Waals surface area contributed by atoms with Gasteiger partial charge in [-0.3, -0.25) is 0 Å². The highest BCUT2D eigenvalue weighted by atomic mass is 35.5. The lowest BCUT2D eigenvalue weighted by atomic mass is 10.2. The van der Waals surface area contributed by atoms with Gasteiger partial charge in [0.25, 0.3) is 0 Å². The van der Waals surface area contributed by atoms with Gasteiger partial charge in [-0.1, -0.05) is 23.4 Å². The Morgan fingerprint density at radius 3 is 2.68 bits per heavy atom. The molecule has 98 valence electrons. The van der Waals surface area contributed by atoms with Crippen LogP contribution in [-0.2, 0) is 4.74 Å². The van der Waals surface area contributed by atoms with Crippen molar-refractivity contribution in [2.75, 3.05) is 12.8 Å². The molecule has 0 fully saturated rings. The SMILES string of the molecule is COC(=O)c1cc(Sc2ccc(Cl)cc2)ncc1N. The fraction of sp³-hybridized carbons (Fsp3) is 0.0769. The Hall–Kier alpha value is -1.72. The predicted octanol–water partition coefficient (Wildman–Crippen LogP) is 3.26. The molecule has 2 rings (SSSR count). The van der Waals surface area contributed by atoms with Gasteiger partial charge in [-0.2, -0.15) is 0 Å². The number of pyridine rings is 1. The van der Waals surface area contributed by atoms with Crippen LogP contribution >= 0.6 is 23.4 Å². The number of ether oxygens (including phenoxy) is 1. The van der Waals surface area contributed by atoms with E-state index in [2.05, 4.69) is 9.72 Å². The molecule has 1 aromatic heterocycles. The topological polar surface area (TPSA) is 65.2 Å². The molecule has 19 heavy (non-hydrogen) atoms. The lowest BCUT2D eigenvalue weighted by molar-refractivity contribution is 0.0601. The fourth-order valence-electron chi connectivity index (χ4n) is 1.41. The lowest BCUT2D eigenvalue weighted by Crippen LogP contribution is -2.06. The van der Waals surface area contributed by atoms with Crippen LogP contribution in [0.15, 0.2) is 46.5 Å². The van der Waals surface area contributed by atoms with Crippen LogP contribution in [0.3, 0.4) is 0 Å². The second-order valence-electron chi connectivity index (χ2n) is 3.66. The van der Waals surface area contributed by atoms with E-state index in [9.17, 15) is 4.79 Å². The van der Waals surface area contributed by atoms with Gasteiger partial charge in [0, 0.05) is 9.92 Å². The molecule has 2 aromatic rings. The van der Waals surface area contributed by atoms with Gasteiger partial charge in [-0.15, -0.1) is 0 Å². The number of esters is 1. The summed E-state index contributed by atoms with van der Waals surface area (Å²) in [6.07, 6.45) is 1.45. The number of carbonyl (C=O) groups excluding carboxylic acids is 1. The number of carbonyl (C=O) groups is 1. The van der Waals surface area contributed by atoms with E-state index in [0.717, 1.165) is 4.90 Å². The van der Waals surface area contributed by atoms with Gasteiger partial charge in [0.05, 0.1) is 24.6 Å². The first-order chi connectivity index (χ1) is 9.10. The number of nitrogens with two attached hydrogens (primary N) is 1. The van der Waals surface area contributed by atoms with Crippen molar-refractivity contribution in [2.45, 2.75) is 9.92 Å². The van der Waals surface area contributed by atoms with Crippen LogP contribution in [0.2, 0.25) is 5.02 Å². The third kappa shape index (κ3) is 3.39. The Bertz CT molecular complexity index is 602. The van der Waals surface area contributed by atoms with Crippen LogP contribution in [0.25, 0.3) is 0 Å². The van der Waals surface area contributed by atoms with Crippen LogP contribution in [0, 0.1) is 0 Å². The van der Waals surface area contributed by atoms with Gasteiger partial charge < -0.3 is 10.5 Å². The molecule has 0 spiro atoms. The molecule has 0 atom stereocenters. The number of rotatable bonds is 3. The van der Waals surface area contributed by atoms with Crippen LogP contribution in [0.5, 0.6) is 0 Å². The number of nitrogen functional groups attached to an aromatic ring is 1. The Morgan fingerprint density at radius 2 is 2.05 bits per heavy atom.